The monoisotopic (exact) mass is 262 g/mol. The van der Waals surface area contributed by atoms with Gasteiger partial charge in [0.25, 0.3) is 0 Å². The van der Waals surface area contributed by atoms with E-state index in [1.54, 1.807) is 6.20 Å². The van der Waals surface area contributed by atoms with E-state index in [1.165, 1.54) is 0 Å². The summed E-state index contributed by atoms with van der Waals surface area (Å²) >= 11 is 0. The predicted molar refractivity (Wildman–Crippen MR) is 72.0 cm³/mol. The van der Waals surface area contributed by atoms with Crippen LogP contribution in [0.25, 0.3) is 11.6 Å². The standard InChI is InChI=1S/C12H18N6O/c1-5-13-11-15-9(10-14-6-7-18(10)4)16-12(17-11)19-8(2)3/h6-8H,5H2,1-4H3,(H,13,15,16,17). The number of hydrogen-bond donors (Lipinski definition) is 1. The van der Waals surface area contributed by atoms with Gasteiger partial charge in [0.15, 0.2) is 5.82 Å². The predicted octanol–water partition coefficient (Wildman–Crippen LogP) is 1.49. The number of rotatable bonds is 5. The van der Waals surface area contributed by atoms with Gasteiger partial charge in [-0.2, -0.15) is 15.0 Å². The molecule has 19 heavy (non-hydrogen) atoms. The van der Waals surface area contributed by atoms with Crippen molar-refractivity contribution in [2.24, 2.45) is 7.05 Å². The second-order valence-electron chi connectivity index (χ2n) is 4.32. The number of anilines is 1. The fourth-order valence-corrected chi connectivity index (χ4v) is 1.54. The molecule has 0 spiro atoms. The van der Waals surface area contributed by atoms with Crippen molar-refractivity contribution in [3.63, 3.8) is 0 Å². The van der Waals surface area contributed by atoms with Gasteiger partial charge >= 0.3 is 6.01 Å². The second-order valence-corrected chi connectivity index (χ2v) is 4.32. The fourth-order valence-electron chi connectivity index (χ4n) is 1.54. The molecular weight excluding hydrogens is 244 g/mol. The Hall–Kier alpha value is -2.18. The molecule has 0 amide bonds. The van der Waals surface area contributed by atoms with Gasteiger partial charge in [0, 0.05) is 26.0 Å². The van der Waals surface area contributed by atoms with Crippen LogP contribution in [0, 0.1) is 0 Å². The summed E-state index contributed by atoms with van der Waals surface area (Å²) in [5.41, 5.74) is 0. The lowest BCUT2D eigenvalue weighted by molar-refractivity contribution is 0.222. The molecule has 0 aromatic carbocycles. The zero-order chi connectivity index (χ0) is 13.8. The van der Waals surface area contributed by atoms with E-state index in [0.29, 0.717) is 23.6 Å². The van der Waals surface area contributed by atoms with Gasteiger partial charge in [-0.15, -0.1) is 0 Å². The Labute approximate surface area is 112 Å². The molecule has 0 radical (unpaired) electrons. The van der Waals surface area contributed by atoms with E-state index < -0.39 is 0 Å². The van der Waals surface area contributed by atoms with Gasteiger partial charge in [0.2, 0.25) is 11.8 Å². The van der Waals surface area contributed by atoms with Crippen molar-refractivity contribution in [1.29, 1.82) is 0 Å². The first-order valence-electron chi connectivity index (χ1n) is 6.24. The van der Waals surface area contributed by atoms with Crippen LogP contribution in [-0.4, -0.2) is 37.2 Å². The lowest BCUT2D eigenvalue weighted by Gasteiger charge is -2.10. The topological polar surface area (TPSA) is 77.8 Å². The first kappa shape index (κ1) is 13.3. The van der Waals surface area contributed by atoms with Gasteiger partial charge in [-0.1, -0.05) is 0 Å². The molecule has 7 heteroatoms. The van der Waals surface area contributed by atoms with E-state index >= 15 is 0 Å². The van der Waals surface area contributed by atoms with Crippen LogP contribution in [0.4, 0.5) is 5.95 Å². The molecule has 0 unspecified atom stereocenters. The summed E-state index contributed by atoms with van der Waals surface area (Å²) < 4.78 is 7.39. The number of hydrogen-bond acceptors (Lipinski definition) is 6. The molecule has 1 N–H and O–H groups in total. The molecule has 0 saturated heterocycles. The maximum Gasteiger partial charge on any atom is 0.322 e. The highest BCUT2D eigenvalue weighted by molar-refractivity contribution is 5.47. The third-order valence-electron chi connectivity index (χ3n) is 2.31. The van der Waals surface area contributed by atoms with Gasteiger partial charge in [-0.05, 0) is 20.8 Å². The third kappa shape index (κ3) is 3.18. The van der Waals surface area contributed by atoms with Gasteiger partial charge in [0.05, 0.1) is 6.10 Å². The molecule has 0 aliphatic heterocycles. The summed E-state index contributed by atoms with van der Waals surface area (Å²) in [5.74, 6) is 1.66. The molecule has 0 bridgehead atoms. The molecule has 2 heterocycles. The van der Waals surface area contributed by atoms with Crippen LogP contribution in [0.3, 0.4) is 0 Å². The fraction of sp³-hybridized carbons (Fsp3) is 0.500. The SMILES string of the molecule is CCNc1nc(OC(C)C)nc(-c2nccn2C)n1. The maximum absolute atomic E-state index is 5.54. The van der Waals surface area contributed by atoms with Crippen molar-refractivity contribution in [3.8, 4) is 17.7 Å². The Kier molecular flexibility index (Phi) is 3.94. The van der Waals surface area contributed by atoms with Crippen molar-refractivity contribution in [2.75, 3.05) is 11.9 Å². The minimum atomic E-state index is 0.00565. The normalized spacial score (nSPS) is 10.8. The lowest BCUT2D eigenvalue weighted by atomic mass is 10.5. The van der Waals surface area contributed by atoms with Crippen molar-refractivity contribution < 1.29 is 4.74 Å². The van der Waals surface area contributed by atoms with E-state index in [1.807, 2.05) is 38.6 Å². The van der Waals surface area contributed by atoms with Crippen molar-refractivity contribution in [1.82, 2.24) is 24.5 Å². The molecule has 0 aliphatic rings. The average Bonchev–Trinajstić information content (AvgIpc) is 2.74. The van der Waals surface area contributed by atoms with Gasteiger partial charge in [0.1, 0.15) is 0 Å². The van der Waals surface area contributed by atoms with Crippen molar-refractivity contribution >= 4 is 5.95 Å². The van der Waals surface area contributed by atoms with Crippen LogP contribution < -0.4 is 10.1 Å². The number of ether oxygens (including phenoxy) is 1. The summed E-state index contributed by atoms with van der Waals surface area (Å²) in [7, 11) is 1.89. The first-order valence-corrected chi connectivity index (χ1v) is 6.24. The smallest absolute Gasteiger partial charge is 0.322 e. The van der Waals surface area contributed by atoms with E-state index in [-0.39, 0.29) is 6.10 Å². The van der Waals surface area contributed by atoms with Gasteiger partial charge < -0.3 is 14.6 Å². The van der Waals surface area contributed by atoms with Gasteiger partial charge in [-0.25, -0.2) is 4.98 Å². The Bertz CT molecular complexity index is 551. The Morgan fingerprint density at radius 3 is 2.68 bits per heavy atom. The van der Waals surface area contributed by atoms with E-state index in [2.05, 4.69) is 25.3 Å². The lowest BCUT2D eigenvalue weighted by Crippen LogP contribution is -2.12. The van der Waals surface area contributed by atoms with Crippen LogP contribution in [0.1, 0.15) is 20.8 Å². The van der Waals surface area contributed by atoms with Crippen molar-refractivity contribution in [3.05, 3.63) is 12.4 Å². The molecule has 102 valence electrons. The number of nitrogens with zero attached hydrogens (tertiary/aromatic N) is 5. The van der Waals surface area contributed by atoms with E-state index in [9.17, 15) is 0 Å². The number of imidazole rings is 1. The molecular formula is C12H18N6O. The van der Waals surface area contributed by atoms with E-state index in [0.717, 1.165) is 6.54 Å². The quantitative estimate of drug-likeness (QED) is 0.879. The van der Waals surface area contributed by atoms with E-state index in [4.69, 9.17) is 4.74 Å². The van der Waals surface area contributed by atoms with Gasteiger partial charge in [-0.3, -0.25) is 0 Å². The highest BCUT2D eigenvalue weighted by Gasteiger charge is 2.13. The minimum absolute atomic E-state index is 0.00565. The maximum atomic E-state index is 5.54. The molecule has 2 aromatic rings. The highest BCUT2D eigenvalue weighted by Crippen LogP contribution is 2.17. The number of aromatic nitrogens is 5. The molecule has 0 aliphatic carbocycles. The molecule has 2 aromatic heterocycles. The summed E-state index contributed by atoms with van der Waals surface area (Å²) in [6.07, 6.45) is 3.55. The van der Waals surface area contributed by atoms with Crippen LogP contribution in [0.5, 0.6) is 6.01 Å². The Morgan fingerprint density at radius 2 is 2.11 bits per heavy atom. The highest BCUT2D eigenvalue weighted by atomic mass is 16.5. The summed E-state index contributed by atoms with van der Waals surface area (Å²) in [6, 6.07) is 0.305. The third-order valence-corrected chi connectivity index (χ3v) is 2.31. The first-order chi connectivity index (χ1) is 9.10. The molecule has 7 nitrogen and oxygen atoms in total. The Morgan fingerprint density at radius 1 is 1.32 bits per heavy atom. The summed E-state index contributed by atoms with van der Waals surface area (Å²) in [5, 5.41) is 3.06. The average molecular weight is 262 g/mol. The van der Waals surface area contributed by atoms with Crippen LogP contribution in [0.2, 0.25) is 0 Å². The van der Waals surface area contributed by atoms with Crippen LogP contribution in [0.15, 0.2) is 12.4 Å². The number of aryl methyl sites for hydroxylation is 1. The van der Waals surface area contributed by atoms with Crippen molar-refractivity contribution in [2.45, 2.75) is 26.9 Å². The molecule has 2 rings (SSSR count). The molecule has 0 fully saturated rings. The zero-order valence-corrected chi connectivity index (χ0v) is 11.6. The summed E-state index contributed by atoms with van der Waals surface area (Å²) in [4.78, 5) is 17.1. The van der Waals surface area contributed by atoms with Crippen LogP contribution >= 0.6 is 0 Å². The summed E-state index contributed by atoms with van der Waals surface area (Å²) in [6.45, 7) is 6.56. The van der Waals surface area contributed by atoms with Crippen LogP contribution in [-0.2, 0) is 7.05 Å². The zero-order valence-electron chi connectivity index (χ0n) is 11.6. The molecule has 0 saturated carbocycles. The largest absolute Gasteiger partial charge is 0.461 e. The second kappa shape index (κ2) is 5.64. The molecule has 0 atom stereocenters. The Balaban J connectivity index is 2.42. The number of nitrogens with one attached hydrogen (secondary N) is 1. The minimum Gasteiger partial charge on any atom is -0.461 e.